The minimum absolute atomic E-state index is 0.169. The fourth-order valence-electron chi connectivity index (χ4n) is 2.58. The number of hydrogen-bond donors (Lipinski definition) is 1. The molecule has 0 aliphatic carbocycles. The quantitative estimate of drug-likeness (QED) is 0.898. The van der Waals surface area contributed by atoms with Gasteiger partial charge in [0, 0.05) is 38.1 Å². The first kappa shape index (κ1) is 14.7. The smallest absolute Gasteiger partial charge is 0.305 e. The van der Waals surface area contributed by atoms with Gasteiger partial charge in [-0.25, -0.2) is 0 Å². The average molecular weight is 276 g/mol. The highest BCUT2D eigenvalue weighted by molar-refractivity contribution is 5.67. The number of anilines is 2. The van der Waals surface area contributed by atoms with E-state index >= 15 is 0 Å². The zero-order chi connectivity index (χ0) is 14.5. The summed E-state index contributed by atoms with van der Waals surface area (Å²) >= 11 is 0. The van der Waals surface area contributed by atoms with Gasteiger partial charge in [0.2, 0.25) is 0 Å². The molecule has 0 atom stereocenters. The number of nitrogens with zero attached hydrogens (tertiary/aromatic N) is 2. The molecular weight excluding hydrogens is 252 g/mol. The minimum atomic E-state index is -0.754. The fraction of sp³-hybridized carbons (Fsp3) is 0.562. The molecule has 0 amide bonds. The van der Waals surface area contributed by atoms with Gasteiger partial charge in [-0.1, -0.05) is 6.92 Å². The zero-order valence-corrected chi connectivity index (χ0v) is 12.4. The van der Waals surface area contributed by atoms with E-state index in [4.69, 9.17) is 5.11 Å². The Labute approximate surface area is 121 Å². The van der Waals surface area contributed by atoms with Gasteiger partial charge in [0.1, 0.15) is 0 Å². The Bertz CT molecular complexity index is 436. The van der Waals surface area contributed by atoms with Crippen LogP contribution in [0.2, 0.25) is 0 Å². The molecule has 0 unspecified atom stereocenters. The number of carboxylic acids is 1. The second-order valence-electron chi connectivity index (χ2n) is 5.75. The first-order valence-corrected chi connectivity index (χ1v) is 7.34. The molecule has 1 aliphatic rings. The summed E-state index contributed by atoms with van der Waals surface area (Å²) in [5.41, 5.74) is 2.34. The monoisotopic (exact) mass is 276 g/mol. The number of piperidine rings is 1. The number of benzene rings is 1. The van der Waals surface area contributed by atoms with E-state index in [0.717, 1.165) is 24.7 Å². The van der Waals surface area contributed by atoms with Gasteiger partial charge in [-0.15, -0.1) is 0 Å². The molecule has 4 nitrogen and oxygen atoms in total. The molecule has 1 N–H and O–H groups in total. The molecular formula is C16H24N2O2. The van der Waals surface area contributed by atoms with E-state index in [-0.39, 0.29) is 6.42 Å². The van der Waals surface area contributed by atoms with E-state index in [9.17, 15) is 4.79 Å². The first-order valence-electron chi connectivity index (χ1n) is 7.34. The Hall–Kier alpha value is -1.71. The standard InChI is InChI=1S/C16H24N2O2/c1-13-7-11-18(12-8-13)15-5-3-14(4-6-15)17(2)10-9-16(19)20/h3-6,13H,7-12H2,1-2H3,(H,19,20). The molecule has 1 saturated heterocycles. The highest BCUT2D eigenvalue weighted by atomic mass is 16.4. The lowest BCUT2D eigenvalue weighted by Crippen LogP contribution is -2.32. The summed E-state index contributed by atoms with van der Waals surface area (Å²) in [4.78, 5) is 15.0. The van der Waals surface area contributed by atoms with Crippen LogP contribution in [0.5, 0.6) is 0 Å². The van der Waals surface area contributed by atoms with E-state index in [1.54, 1.807) is 0 Å². The molecule has 1 heterocycles. The van der Waals surface area contributed by atoms with Gasteiger partial charge >= 0.3 is 5.97 Å². The minimum Gasteiger partial charge on any atom is -0.481 e. The Morgan fingerprint density at radius 2 is 1.90 bits per heavy atom. The zero-order valence-electron chi connectivity index (χ0n) is 12.4. The van der Waals surface area contributed by atoms with Crippen molar-refractivity contribution >= 4 is 17.3 Å². The molecule has 0 aromatic heterocycles. The molecule has 0 radical (unpaired) electrons. The van der Waals surface area contributed by atoms with Gasteiger partial charge in [0.15, 0.2) is 0 Å². The number of carbonyl (C=O) groups is 1. The summed E-state index contributed by atoms with van der Waals surface area (Å²) in [7, 11) is 1.93. The molecule has 0 bridgehead atoms. The Kier molecular flexibility index (Phi) is 4.88. The molecule has 0 saturated carbocycles. The predicted octanol–water partition coefficient (Wildman–Crippen LogP) is 2.83. The van der Waals surface area contributed by atoms with E-state index < -0.39 is 5.97 Å². The van der Waals surface area contributed by atoms with Crippen molar-refractivity contribution < 1.29 is 9.90 Å². The van der Waals surface area contributed by atoms with E-state index in [0.29, 0.717) is 6.54 Å². The molecule has 4 heteroatoms. The number of hydrogen-bond acceptors (Lipinski definition) is 3. The summed E-state index contributed by atoms with van der Waals surface area (Å²) in [5, 5.41) is 8.71. The highest BCUT2D eigenvalue weighted by Crippen LogP contribution is 2.25. The number of aliphatic carboxylic acids is 1. The van der Waals surface area contributed by atoms with Gasteiger partial charge in [-0.2, -0.15) is 0 Å². The molecule has 1 aliphatic heterocycles. The van der Waals surface area contributed by atoms with Crippen molar-refractivity contribution in [2.45, 2.75) is 26.2 Å². The van der Waals surface area contributed by atoms with Crippen LogP contribution in [0, 0.1) is 5.92 Å². The lowest BCUT2D eigenvalue weighted by atomic mass is 9.99. The van der Waals surface area contributed by atoms with Crippen molar-refractivity contribution in [3.8, 4) is 0 Å². The normalized spacial score (nSPS) is 16.2. The Balaban J connectivity index is 1.93. The van der Waals surface area contributed by atoms with Crippen LogP contribution in [0.25, 0.3) is 0 Å². The van der Waals surface area contributed by atoms with E-state index in [1.807, 2.05) is 11.9 Å². The van der Waals surface area contributed by atoms with Gasteiger partial charge < -0.3 is 14.9 Å². The Morgan fingerprint density at radius 3 is 2.45 bits per heavy atom. The predicted molar refractivity (Wildman–Crippen MR) is 82.6 cm³/mol. The SMILES string of the molecule is CC1CCN(c2ccc(N(C)CCC(=O)O)cc2)CC1. The van der Waals surface area contributed by atoms with Crippen LogP contribution >= 0.6 is 0 Å². The topological polar surface area (TPSA) is 43.8 Å². The van der Waals surface area contributed by atoms with Crippen molar-refractivity contribution in [2.75, 3.05) is 36.5 Å². The van der Waals surface area contributed by atoms with Crippen molar-refractivity contribution in [1.82, 2.24) is 0 Å². The van der Waals surface area contributed by atoms with Crippen LogP contribution in [0.4, 0.5) is 11.4 Å². The summed E-state index contributed by atoms with van der Waals surface area (Å²) in [6, 6.07) is 8.44. The van der Waals surface area contributed by atoms with Gasteiger partial charge in [-0.05, 0) is 43.0 Å². The van der Waals surface area contributed by atoms with Crippen LogP contribution in [0.3, 0.4) is 0 Å². The molecule has 0 spiro atoms. The van der Waals surface area contributed by atoms with E-state index in [2.05, 4.69) is 36.1 Å². The highest BCUT2D eigenvalue weighted by Gasteiger charge is 2.16. The largest absolute Gasteiger partial charge is 0.481 e. The van der Waals surface area contributed by atoms with Crippen LogP contribution < -0.4 is 9.80 Å². The third kappa shape index (κ3) is 3.89. The lowest BCUT2D eigenvalue weighted by molar-refractivity contribution is -0.136. The maximum Gasteiger partial charge on any atom is 0.305 e. The second-order valence-corrected chi connectivity index (χ2v) is 5.75. The van der Waals surface area contributed by atoms with E-state index in [1.165, 1.54) is 18.5 Å². The summed E-state index contributed by atoms with van der Waals surface area (Å²) < 4.78 is 0. The lowest BCUT2D eigenvalue weighted by Gasteiger charge is -2.32. The molecule has 1 aromatic carbocycles. The van der Waals surface area contributed by atoms with Crippen molar-refractivity contribution in [2.24, 2.45) is 5.92 Å². The van der Waals surface area contributed by atoms with Crippen LogP contribution in [-0.4, -0.2) is 37.8 Å². The van der Waals surface area contributed by atoms with Crippen LogP contribution in [0.1, 0.15) is 26.2 Å². The third-order valence-corrected chi connectivity index (χ3v) is 4.10. The number of rotatable bonds is 5. The van der Waals surface area contributed by atoms with Crippen molar-refractivity contribution in [1.29, 1.82) is 0 Å². The maximum atomic E-state index is 10.6. The van der Waals surface area contributed by atoms with Gasteiger partial charge in [0.25, 0.3) is 0 Å². The molecule has 110 valence electrons. The van der Waals surface area contributed by atoms with Gasteiger partial charge in [0.05, 0.1) is 6.42 Å². The third-order valence-electron chi connectivity index (χ3n) is 4.10. The molecule has 20 heavy (non-hydrogen) atoms. The maximum absolute atomic E-state index is 10.6. The first-order chi connectivity index (χ1) is 9.56. The Morgan fingerprint density at radius 1 is 1.30 bits per heavy atom. The van der Waals surface area contributed by atoms with Crippen molar-refractivity contribution in [3.63, 3.8) is 0 Å². The van der Waals surface area contributed by atoms with Crippen LogP contribution in [0.15, 0.2) is 24.3 Å². The molecule has 1 aromatic rings. The van der Waals surface area contributed by atoms with Crippen LogP contribution in [-0.2, 0) is 4.79 Å². The summed E-state index contributed by atoms with van der Waals surface area (Å²) in [6.07, 6.45) is 2.70. The second kappa shape index (κ2) is 6.64. The van der Waals surface area contributed by atoms with Gasteiger partial charge in [-0.3, -0.25) is 4.79 Å². The van der Waals surface area contributed by atoms with Crippen molar-refractivity contribution in [3.05, 3.63) is 24.3 Å². The molecule has 2 rings (SSSR count). The summed E-state index contributed by atoms with van der Waals surface area (Å²) in [6.45, 7) is 5.12. The number of carboxylic acid groups (broad SMARTS) is 1. The molecule has 1 fully saturated rings. The fourth-order valence-corrected chi connectivity index (χ4v) is 2.58. The average Bonchev–Trinajstić information content (AvgIpc) is 2.46. The summed E-state index contributed by atoms with van der Waals surface area (Å²) in [5.74, 6) is 0.0866.